The Kier molecular flexibility index (Phi) is 7.36. The first kappa shape index (κ1) is 21.0. The van der Waals surface area contributed by atoms with E-state index in [9.17, 15) is 4.79 Å². The number of benzene rings is 2. The summed E-state index contributed by atoms with van der Waals surface area (Å²) in [4.78, 5) is 17.4. The molecule has 29 heavy (non-hydrogen) atoms. The van der Waals surface area contributed by atoms with Gasteiger partial charge in [0.1, 0.15) is 11.5 Å². The number of nitrogens with one attached hydrogen (secondary N) is 1. The molecule has 0 unspecified atom stereocenters. The van der Waals surface area contributed by atoms with Crippen molar-refractivity contribution >= 4 is 17.3 Å². The first-order chi connectivity index (χ1) is 14.1. The molecule has 2 aromatic carbocycles. The van der Waals surface area contributed by atoms with Crippen molar-refractivity contribution in [3.63, 3.8) is 0 Å². The van der Waals surface area contributed by atoms with Crippen molar-refractivity contribution in [2.75, 3.05) is 57.2 Å². The van der Waals surface area contributed by atoms with E-state index < -0.39 is 0 Å². The van der Waals surface area contributed by atoms with Crippen molar-refractivity contribution in [3.8, 4) is 11.5 Å². The quantitative estimate of drug-likeness (QED) is 0.740. The lowest BCUT2D eigenvalue weighted by molar-refractivity contribution is -0.116. The summed E-state index contributed by atoms with van der Waals surface area (Å²) in [6.07, 6.45) is 1.02. The van der Waals surface area contributed by atoms with Gasteiger partial charge in [-0.25, -0.2) is 0 Å². The van der Waals surface area contributed by atoms with E-state index in [2.05, 4.69) is 28.1 Å². The highest BCUT2D eigenvalue weighted by Gasteiger charge is 2.18. The van der Waals surface area contributed by atoms with Crippen molar-refractivity contribution in [3.05, 3.63) is 48.0 Å². The Bertz CT molecular complexity index is 795. The van der Waals surface area contributed by atoms with E-state index in [0.29, 0.717) is 12.8 Å². The van der Waals surface area contributed by atoms with E-state index in [0.717, 1.165) is 61.2 Å². The SMILES string of the molecule is CCN1CCN(c2ccccc2NC(=O)CCc2cc(OC)cc(OC)c2)CC1. The molecule has 156 valence electrons. The second kappa shape index (κ2) is 10.2. The molecule has 0 radical (unpaired) electrons. The van der Waals surface area contributed by atoms with Gasteiger partial charge in [-0.05, 0) is 42.8 Å². The zero-order valence-corrected chi connectivity index (χ0v) is 17.6. The molecule has 2 aromatic rings. The van der Waals surface area contributed by atoms with Gasteiger partial charge in [-0.3, -0.25) is 4.79 Å². The number of hydrogen-bond donors (Lipinski definition) is 1. The zero-order chi connectivity index (χ0) is 20.6. The minimum Gasteiger partial charge on any atom is -0.497 e. The number of carbonyl (C=O) groups is 1. The van der Waals surface area contributed by atoms with Crippen LogP contribution in [0.25, 0.3) is 0 Å². The minimum absolute atomic E-state index is 0.00595. The van der Waals surface area contributed by atoms with E-state index in [4.69, 9.17) is 9.47 Å². The Morgan fingerprint density at radius 1 is 1.00 bits per heavy atom. The zero-order valence-electron chi connectivity index (χ0n) is 17.6. The molecule has 0 bridgehead atoms. The van der Waals surface area contributed by atoms with Crippen molar-refractivity contribution < 1.29 is 14.3 Å². The lowest BCUT2D eigenvalue weighted by Gasteiger charge is -2.36. The van der Waals surface area contributed by atoms with Gasteiger partial charge in [0, 0.05) is 38.7 Å². The van der Waals surface area contributed by atoms with Crippen LogP contribution in [0.1, 0.15) is 18.9 Å². The topological polar surface area (TPSA) is 54.0 Å². The number of nitrogens with zero attached hydrogens (tertiary/aromatic N) is 2. The number of para-hydroxylation sites is 2. The molecule has 1 aliphatic rings. The van der Waals surface area contributed by atoms with Gasteiger partial charge in [0.25, 0.3) is 0 Å². The van der Waals surface area contributed by atoms with Crippen LogP contribution < -0.4 is 19.7 Å². The van der Waals surface area contributed by atoms with Crippen LogP contribution in [-0.2, 0) is 11.2 Å². The molecule has 0 aliphatic carbocycles. The Hall–Kier alpha value is -2.73. The number of likely N-dealkylation sites (N-methyl/N-ethyl adjacent to an activating group) is 1. The third-order valence-corrected chi connectivity index (χ3v) is 5.39. The van der Waals surface area contributed by atoms with Gasteiger partial charge < -0.3 is 24.6 Å². The molecular formula is C23H31N3O3. The first-order valence-electron chi connectivity index (χ1n) is 10.2. The van der Waals surface area contributed by atoms with E-state index in [1.54, 1.807) is 14.2 Å². The maximum absolute atomic E-state index is 12.6. The van der Waals surface area contributed by atoms with Gasteiger partial charge in [0.15, 0.2) is 0 Å². The largest absolute Gasteiger partial charge is 0.497 e. The summed E-state index contributed by atoms with van der Waals surface area (Å²) >= 11 is 0. The van der Waals surface area contributed by atoms with Crippen LogP contribution in [0.3, 0.4) is 0 Å². The fraction of sp³-hybridized carbons (Fsp3) is 0.435. The third-order valence-electron chi connectivity index (χ3n) is 5.39. The molecule has 0 atom stereocenters. The average Bonchev–Trinajstić information content (AvgIpc) is 2.78. The van der Waals surface area contributed by atoms with Crippen molar-refractivity contribution in [2.45, 2.75) is 19.8 Å². The molecule has 6 nitrogen and oxygen atoms in total. The second-order valence-electron chi connectivity index (χ2n) is 7.21. The normalized spacial score (nSPS) is 14.5. The number of piperazine rings is 1. The smallest absolute Gasteiger partial charge is 0.224 e. The van der Waals surface area contributed by atoms with Crippen molar-refractivity contribution in [1.29, 1.82) is 0 Å². The fourth-order valence-corrected chi connectivity index (χ4v) is 3.64. The summed E-state index contributed by atoms with van der Waals surface area (Å²) in [7, 11) is 3.25. The second-order valence-corrected chi connectivity index (χ2v) is 7.21. The van der Waals surface area contributed by atoms with Crippen LogP contribution >= 0.6 is 0 Å². The fourth-order valence-electron chi connectivity index (χ4n) is 3.64. The molecule has 1 saturated heterocycles. The number of anilines is 2. The van der Waals surface area contributed by atoms with Crippen LogP contribution in [0.15, 0.2) is 42.5 Å². The summed E-state index contributed by atoms with van der Waals surface area (Å²) in [5.74, 6) is 1.47. The highest BCUT2D eigenvalue weighted by atomic mass is 16.5. The molecule has 1 fully saturated rings. The molecule has 1 N–H and O–H groups in total. The molecule has 1 aliphatic heterocycles. The van der Waals surface area contributed by atoms with Crippen molar-refractivity contribution in [1.82, 2.24) is 4.90 Å². The van der Waals surface area contributed by atoms with Crippen LogP contribution in [-0.4, -0.2) is 57.8 Å². The molecule has 1 amide bonds. The molecule has 1 heterocycles. The summed E-state index contributed by atoms with van der Waals surface area (Å²) in [5.41, 5.74) is 2.99. The van der Waals surface area contributed by atoms with E-state index in [1.807, 2.05) is 36.4 Å². The number of hydrogen-bond acceptors (Lipinski definition) is 5. The van der Waals surface area contributed by atoms with Crippen LogP contribution in [0, 0.1) is 0 Å². The van der Waals surface area contributed by atoms with Crippen LogP contribution in [0.5, 0.6) is 11.5 Å². The minimum atomic E-state index is 0.00595. The van der Waals surface area contributed by atoms with Gasteiger partial charge in [0.05, 0.1) is 25.6 Å². The summed E-state index contributed by atoms with van der Waals surface area (Å²) < 4.78 is 10.6. The van der Waals surface area contributed by atoms with Gasteiger partial charge >= 0.3 is 0 Å². The van der Waals surface area contributed by atoms with E-state index in [1.165, 1.54) is 0 Å². The molecule has 0 aromatic heterocycles. The lowest BCUT2D eigenvalue weighted by Crippen LogP contribution is -2.46. The van der Waals surface area contributed by atoms with Crippen LogP contribution in [0.2, 0.25) is 0 Å². The number of carbonyl (C=O) groups excluding carboxylic acids is 1. The lowest BCUT2D eigenvalue weighted by atomic mass is 10.1. The summed E-state index contributed by atoms with van der Waals surface area (Å²) in [6, 6.07) is 13.8. The number of aryl methyl sites for hydroxylation is 1. The molecule has 0 spiro atoms. The Morgan fingerprint density at radius 3 is 2.28 bits per heavy atom. The summed E-state index contributed by atoms with van der Waals surface area (Å²) in [5, 5.41) is 3.10. The molecule has 0 saturated carbocycles. The molecule has 6 heteroatoms. The van der Waals surface area contributed by atoms with Crippen molar-refractivity contribution in [2.24, 2.45) is 0 Å². The maximum atomic E-state index is 12.6. The van der Waals surface area contributed by atoms with E-state index in [-0.39, 0.29) is 5.91 Å². The Balaban J connectivity index is 1.61. The maximum Gasteiger partial charge on any atom is 0.224 e. The predicted molar refractivity (Wildman–Crippen MR) is 117 cm³/mol. The highest BCUT2D eigenvalue weighted by Crippen LogP contribution is 2.27. The Morgan fingerprint density at radius 2 is 1.66 bits per heavy atom. The average molecular weight is 398 g/mol. The number of rotatable bonds is 8. The first-order valence-corrected chi connectivity index (χ1v) is 10.2. The van der Waals surface area contributed by atoms with Gasteiger partial charge in [-0.15, -0.1) is 0 Å². The Labute approximate surface area is 173 Å². The van der Waals surface area contributed by atoms with Gasteiger partial charge in [0.2, 0.25) is 5.91 Å². The monoisotopic (exact) mass is 397 g/mol. The van der Waals surface area contributed by atoms with Gasteiger partial charge in [-0.2, -0.15) is 0 Å². The standard InChI is InChI=1S/C23H31N3O3/c1-4-25-11-13-26(14-12-25)22-8-6-5-7-21(22)24-23(27)10-9-18-15-19(28-2)17-20(16-18)29-3/h5-8,15-17H,4,9-14H2,1-3H3,(H,24,27). The molecular weight excluding hydrogens is 366 g/mol. The number of amides is 1. The summed E-state index contributed by atoms with van der Waals surface area (Å²) in [6.45, 7) is 7.34. The molecule has 3 rings (SSSR count). The number of methoxy groups -OCH3 is 2. The number of ether oxygens (including phenoxy) is 2. The highest BCUT2D eigenvalue weighted by molar-refractivity contribution is 5.94. The third kappa shape index (κ3) is 5.64. The predicted octanol–water partition coefficient (Wildman–Crippen LogP) is 3.42. The van der Waals surface area contributed by atoms with E-state index >= 15 is 0 Å². The van der Waals surface area contributed by atoms with Crippen LogP contribution in [0.4, 0.5) is 11.4 Å². The van der Waals surface area contributed by atoms with Gasteiger partial charge in [-0.1, -0.05) is 19.1 Å².